The third-order valence-corrected chi connectivity index (χ3v) is 3.95. The second-order valence-corrected chi connectivity index (χ2v) is 6.24. The molecular weight excluding hydrogens is 287 g/mol. The molecule has 1 aromatic heterocycles. The quantitative estimate of drug-likeness (QED) is 0.810. The van der Waals surface area contributed by atoms with Crippen LogP contribution in [0.3, 0.4) is 0 Å². The van der Waals surface area contributed by atoms with Crippen LogP contribution in [0, 0.1) is 0 Å². The molecule has 0 saturated carbocycles. The summed E-state index contributed by atoms with van der Waals surface area (Å²) in [5.74, 6) is -1.60. The van der Waals surface area contributed by atoms with E-state index in [2.05, 4.69) is 10.3 Å². The van der Waals surface area contributed by atoms with E-state index in [9.17, 15) is 9.59 Å². The van der Waals surface area contributed by atoms with Gasteiger partial charge in [0.25, 0.3) is 0 Å². The normalized spacial score (nSPS) is 19.0. The smallest absolute Gasteiger partial charge is 0.476 e. The summed E-state index contributed by atoms with van der Waals surface area (Å²) in [7, 11) is -0.673. The standard InChI is InChI=1S/C14H19BN2O5/c1-8(18)17-10-6-9(7-16-11(10)12(19)20)15-21-13(2,3)14(4,5)22-15/h6-7H,1-5H3,(H,17,18)(H,19,20). The number of carboxylic acid groups (broad SMARTS) is 1. The average Bonchev–Trinajstić information content (AvgIpc) is 2.57. The highest BCUT2D eigenvalue weighted by Gasteiger charge is 2.52. The number of nitrogens with one attached hydrogen (secondary N) is 1. The van der Waals surface area contributed by atoms with Crippen LogP contribution in [0.5, 0.6) is 0 Å². The van der Waals surface area contributed by atoms with E-state index >= 15 is 0 Å². The van der Waals surface area contributed by atoms with Crippen molar-refractivity contribution in [3.63, 3.8) is 0 Å². The average molecular weight is 306 g/mol. The Morgan fingerprint density at radius 2 is 1.77 bits per heavy atom. The van der Waals surface area contributed by atoms with Crippen LogP contribution in [0.2, 0.25) is 0 Å². The van der Waals surface area contributed by atoms with Crippen molar-refractivity contribution >= 4 is 30.1 Å². The van der Waals surface area contributed by atoms with E-state index < -0.39 is 24.3 Å². The molecule has 7 nitrogen and oxygen atoms in total. The van der Waals surface area contributed by atoms with Gasteiger partial charge in [0, 0.05) is 18.6 Å². The van der Waals surface area contributed by atoms with Crippen LogP contribution >= 0.6 is 0 Å². The van der Waals surface area contributed by atoms with Gasteiger partial charge in [-0.05, 0) is 33.8 Å². The second kappa shape index (κ2) is 5.37. The van der Waals surface area contributed by atoms with E-state index in [0.29, 0.717) is 5.46 Å². The number of carbonyl (C=O) groups is 2. The van der Waals surface area contributed by atoms with Crippen LogP contribution in [-0.4, -0.2) is 40.3 Å². The molecule has 0 bridgehead atoms. The Morgan fingerprint density at radius 3 is 2.23 bits per heavy atom. The Bertz CT molecular complexity index is 614. The van der Waals surface area contributed by atoms with Crippen LogP contribution in [-0.2, 0) is 14.1 Å². The molecule has 22 heavy (non-hydrogen) atoms. The van der Waals surface area contributed by atoms with E-state index in [1.807, 2.05) is 27.7 Å². The van der Waals surface area contributed by atoms with Gasteiger partial charge in [-0.15, -0.1) is 0 Å². The van der Waals surface area contributed by atoms with Crippen LogP contribution in [0.1, 0.15) is 45.1 Å². The number of anilines is 1. The van der Waals surface area contributed by atoms with E-state index in [0.717, 1.165) is 0 Å². The molecular formula is C14H19BN2O5. The van der Waals surface area contributed by atoms with Gasteiger partial charge >= 0.3 is 13.1 Å². The predicted molar refractivity (Wildman–Crippen MR) is 81.2 cm³/mol. The molecule has 0 radical (unpaired) electrons. The number of aromatic nitrogens is 1. The number of amides is 1. The van der Waals surface area contributed by atoms with E-state index in [-0.39, 0.29) is 17.3 Å². The van der Waals surface area contributed by atoms with Gasteiger partial charge in [0.2, 0.25) is 5.91 Å². The van der Waals surface area contributed by atoms with Gasteiger partial charge in [0.1, 0.15) is 0 Å². The largest absolute Gasteiger partial charge is 0.496 e. The number of rotatable bonds is 3. The van der Waals surface area contributed by atoms with Crippen molar-refractivity contribution in [2.24, 2.45) is 0 Å². The number of pyridine rings is 1. The summed E-state index contributed by atoms with van der Waals surface area (Å²) < 4.78 is 11.8. The zero-order valence-corrected chi connectivity index (χ0v) is 13.3. The number of carbonyl (C=O) groups excluding carboxylic acids is 1. The van der Waals surface area contributed by atoms with Crippen molar-refractivity contribution in [1.29, 1.82) is 0 Å². The van der Waals surface area contributed by atoms with Crippen molar-refractivity contribution in [2.75, 3.05) is 5.32 Å². The summed E-state index contributed by atoms with van der Waals surface area (Å²) in [5.41, 5.74) is -0.593. The molecule has 1 fully saturated rings. The van der Waals surface area contributed by atoms with E-state index in [1.165, 1.54) is 19.2 Å². The molecule has 118 valence electrons. The Hall–Kier alpha value is -1.93. The van der Waals surface area contributed by atoms with Gasteiger partial charge in [0.05, 0.1) is 16.9 Å². The maximum atomic E-state index is 11.2. The van der Waals surface area contributed by atoms with Gasteiger partial charge < -0.3 is 19.7 Å². The Labute approximate surface area is 129 Å². The van der Waals surface area contributed by atoms with Crippen LogP contribution in [0.25, 0.3) is 0 Å². The third-order valence-electron chi connectivity index (χ3n) is 3.95. The zero-order valence-electron chi connectivity index (χ0n) is 13.3. The second-order valence-electron chi connectivity index (χ2n) is 6.24. The summed E-state index contributed by atoms with van der Waals surface area (Å²) in [4.78, 5) is 26.3. The minimum absolute atomic E-state index is 0.118. The third kappa shape index (κ3) is 2.98. The fourth-order valence-electron chi connectivity index (χ4n) is 2.04. The van der Waals surface area contributed by atoms with E-state index in [4.69, 9.17) is 14.4 Å². The van der Waals surface area contributed by atoms with Gasteiger partial charge in [0.15, 0.2) is 5.69 Å². The molecule has 0 aliphatic carbocycles. The molecule has 2 N–H and O–H groups in total. The SMILES string of the molecule is CC(=O)Nc1cc(B2OC(C)(C)C(C)(C)O2)cnc1C(=O)O. The fourth-order valence-corrected chi connectivity index (χ4v) is 2.04. The summed E-state index contributed by atoms with van der Waals surface area (Å²) in [5, 5.41) is 11.6. The zero-order chi connectivity index (χ0) is 16.7. The first kappa shape index (κ1) is 16.4. The fraction of sp³-hybridized carbons (Fsp3) is 0.500. The highest BCUT2D eigenvalue weighted by Crippen LogP contribution is 2.36. The molecule has 2 heterocycles. The molecule has 0 aromatic carbocycles. The lowest BCUT2D eigenvalue weighted by molar-refractivity contribution is -0.114. The van der Waals surface area contributed by atoms with Crippen LogP contribution < -0.4 is 10.8 Å². The highest BCUT2D eigenvalue weighted by atomic mass is 16.7. The molecule has 1 saturated heterocycles. The van der Waals surface area contributed by atoms with Crippen LogP contribution in [0.4, 0.5) is 5.69 Å². The molecule has 8 heteroatoms. The summed E-state index contributed by atoms with van der Waals surface area (Å²) in [6.07, 6.45) is 1.39. The first-order valence-corrected chi connectivity index (χ1v) is 6.90. The lowest BCUT2D eigenvalue weighted by Crippen LogP contribution is -2.41. The Morgan fingerprint density at radius 1 is 1.23 bits per heavy atom. The van der Waals surface area contributed by atoms with Crippen LogP contribution in [0.15, 0.2) is 12.3 Å². The molecule has 1 aliphatic heterocycles. The number of carboxylic acids is 1. The van der Waals surface area contributed by atoms with Crippen molar-refractivity contribution in [3.8, 4) is 0 Å². The Balaban J connectivity index is 2.38. The lowest BCUT2D eigenvalue weighted by atomic mass is 9.80. The predicted octanol–water partition coefficient (Wildman–Crippen LogP) is 1.04. The number of nitrogens with zero attached hydrogens (tertiary/aromatic N) is 1. The van der Waals surface area contributed by atoms with Gasteiger partial charge in [-0.25, -0.2) is 9.78 Å². The molecule has 1 aromatic rings. The summed E-state index contributed by atoms with van der Waals surface area (Å²) in [6.45, 7) is 8.97. The Kier molecular flexibility index (Phi) is 4.01. The minimum atomic E-state index is -1.22. The van der Waals surface area contributed by atoms with E-state index in [1.54, 1.807) is 0 Å². The van der Waals surface area contributed by atoms with Gasteiger partial charge in [-0.2, -0.15) is 0 Å². The van der Waals surface area contributed by atoms with Crippen molar-refractivity contribution in [2.45, 2.75) is 45.8 Å². The minimum Gasteiger partial charge on any atom is -0.476 e. The monoisotopic (exact) mass is 306 g/mol. The maximum absolute atomic E-state index is 11.2. The lowest BCUT2D eigenvalue weighted by Gasteiger charge is -2.32. The van der Waals surface area contributed by atoms with Crippen molar-refractivity contribution < 1.29 is 24.0 Å². The molecule has 0 spiro atoms. The molecule has 2 rings (SSSR count). The maximum Gasteiger partial charge on any atom is 0.496 e. The highest BCUT2D eigenvalue weighted by molar-refractivity contribution is 6.62. The van der Waals surface area contributed by atoms with Gasteiger partial charge in [-0.1, -0.05) is 0 Å². The first-order valence-electron chi connectivity index (χ1n) is 6.90. The first-order chi connectivity index (χ1) is 10.0. The molecule has 1 aliphatic rings. The molecule has 0 unspecified atom stereocenters. The molecule has 1 amide bonds. The molecule has 0 atom stereocenters. The van der Waals surface area contributed by atoms with Gasteiger partial charge in [-0.3, -0.25) is 4.79 Å². The van der Waals surface area contributed by atoms with Crippen molar-refractivity contribution in [1.82, 2.24) is 4.98 Å². The summed E-state index contributed by atoms with van der Waals surface area (Å²) in [6, 6.07) is 1.51. The summed E-state index contributed by atoms with van der Waals surface area (Å²) >= 11 is 0. The van der Waals surface area contributed by atoms with Crippen molar-refractivity contribution in [3.05, 3.63) is 18.0 Å². The number of aromatic carboxylic acids is 1. The number of hydrogen-bond acceptors (Lipinski definition) is 5. The number of hydrogen-bond donors (Lipinski definition) is 2. The topological polar surface area (TPSA) is 97.8 Å².